The van der Waals surface area contributed by atoms with Crippen molar-refractivity contribution < 1.29 is 18.3 Å². The molecule has 4 heteroatoms. The number of hydrogen-bond donors (Lipinski definition) is 0. The number of ether oxygens (including phenoxy) is 1. The monoisotopic (exact) mass is 456 g/mol. The van der Waals surface area contributed by atoms with Gasteiger partial charge in [-0.15, -0.1) is 0 Å². The molecule has 4 rings (SSSR count). The van der Waals surface area contributed by atoms with Crippen molar-refractivity contribution >= 4 is 16.7 Å². The van der Waals surface area contributed by atoms with Crippen molar-refractivity contribution in [3.05, 3.63) is 47.0 Å². The summed E-state index contributed by atoms with van der Waals surface area (Å²) in [6.07, 6.45) is 15.2. The van der Waals surface area contributed by atoms with Crippen LogP contribution in [0, 0.1) is 29.4 Å². The number of benzene rings is 2. The minimum Gasteiger partial charge on any atom is -0.465 e. The maximum Gasteiger partial charge on any atom is 0.337 e. The van der Waals surface area contributed by atoms with Gasteiger partial charge < -0.3 is 4.74 Å². The number of carbonyl (C=O) groups excluding carboxylic acids is 1. The number of fused-ring (bicyclic) bond motifs is 2. The van der Waals surface area contributed by atoms with Crippen LogP contribution in [0.1, 0.15) is 106 Å². The molecule has 4 atom stereocenters. The first kappa shape index (κ1) is 24.2. The normalized spacial score (nSPS) is 25.1. The van der Waals surface area contributed by atoms with Crippen LogP contribution in [0.2, 0.25) is 0 Å². The fraction of sp³-hybridized carbons (Fsp3) is 0.621. The van der Waals surface area contributed by atoms with E-state index >= 15 is 4.39 Å². The van der Waals surface area contributed by atoms with Gasteiger partial charge in [-0.2, -0.15) is 0 Å². The Bertz CT molecular complexity index is 970. The van der Waals surface area contributed by atoms with Crippen LogP contribution in [-0.4, -0.2) is 13.1 Å². The van der Waals surface area contributed by atoms with Crippen molar-refractivity contribution in [2.45, 2.75) is 89.9 Å². The Labute approximate surface area is 197 Å². The van der Waals surface area contributed by atoms with Gasteiger partial charge in [-0.05, 0) is 78.9 Å². The number of rotatable bonds is 8. The van der Waals surface area contributed by atoms with Crippen molar-refractivity contribution in [3.63, 3.8) is 0 Å². The Morgan fingerprint density at radius 1 is 0.970 bits per heavy atom. The van der Waals surface area contributed by atoms with E-state index < -0.39 is 17.6 Å². The van der Waals surface area contributed by atoms with Gasteiger partial charge in [-0.25, -0.2) is 13.6 Å². The van der Waals surface area contributed by atoms with Gasteiger partial charge in [0.25, 0.3) is 0 Å². The van der Waals surface area contributed by atoms with Crippen molar-refractivity contribution in [1.29, 1.82) is 0 Å². The minimum atomic E-state index is -0.694. The number of methoxy groups -OCH3 is 1. The molecule has 2 aliphatic carbocycles. The number of esters is 1. The molecule has 2 aromatic carbocycles. The molecule has 0 heterocycles. The first-order chi connectivity index (χ1) is 16.0. The van der Waals surface area contributed by atoms with Crippen LogP contribution >= 0.6 is 0 Å². The van der Waals surface area contributed by atoms with Crippen molar-refractivity contribution in [2.75, 3.05) is 7.11 Å². The fourth-order valence-corrected chi connectivity index (χ4v) is 6.51. The average Bonchev–Trinajstić information content (AvgIpc) is 2.83. The number of carbonyl (C=O) groups is 1. The summed E-state index contributed by atoms with van der Waals surface area (Å²) >= 11 is 0. The lowest BCUT2D eigenvalue weighted by molar-refractivity contribution is 0.0600. The van der Waals surface area contributed by atoms with E-state index in [4.69, 9.17) is 0 Å². The molecule has 0 saturated heterocycles. The van der Waals surface area contributed by atoms with E-state index in [0.29, 0.717) is 16.9 Å². The first-order valence-corrected chi connectivity index (χ1v) is 13.0. The standard InChI is InChI=1S/C29H38F2O2/c1-3-4-5-6-7-8-19-9-10-21-16-22(12-11-20(21)15-19)25-14-13-23-17-24(29(32)33-2)18-26(30)27(23)28(25)31/h13-14,17-22H,3-12,15-16H2,1-2H3/t19?,20-,21+,22?/m0/s1. The van der Waals surface area contributed by atoms with Crippen molar-refractivity contribution in [3.8, 4) is 0 Å². The minimum absolute atomic E-state index is 0.00550. The summed E-state index contributed by atoms with van der Waals surface area (Å²) in [6, 6.07) is 6.16. The molecule has 2 unspecified atom stereocenters. The Hall–Kier alpha value is -1.97. The molecule has 0 aromatic heterocycles. The highest BCUT2D eigenvalue weighted by molar-refractivity contribution is 5.96. The molecule has 0 radical (unpaired) electrons. The second-order valence-electron chi connectivity index (χ2n) is 10.4. The van der Waals surface area contributed by atoms with Gasteiger partial charge in [-0.3, -0.25) is 0 Å². The smallest absolute Gasteiger partial charge is 0.337 e. The van der Waals surface area contributed by atoms with E-state index in [2.05, 4.69) is 11.7 Å². The molecule has 0 N–H and O–H groups in total. The highest BCUT2D eigenvalue weighted by Crippen LogP contribution is 2.49. The lowest BCUT2D eigenvalue weighted by Gasteiger charge is -2.42. The molecule has 2 nitrogen and oxygen atoms in total. The molecule has 2 aromatic rings. The average molecular weight is 457 g/mol. The summed E-state index contributed by atoms with van der Waals surface area (Å²) in [6.45, 7) is 2.26. The predicted octanol–water partition coefficient (Wildman–Crippen LogP) is 8.57. The quantitative estimate of drug-likeness (QED) is 0.294. The zero-order valence-corrected chi connectivity index (χ0v) is 20.2. The number of halogens is 2. The third-order valence-corrected chi connectivity index (χ3v) is 8.33. The molecule has 2 fully saturated rings. The Morgan fingerprint density at radius 3 is 2.52 bits per heavy atom. The Balaban J connectivity index is 1.41. The molecule has 0 spiro atoms. The highest BCUT2D eigenvalue weighted by Gasteiger charge is 2.36. The molecule has 33 heavy (non-hydrogen) atoms. The van der Waals surface area contributed by atoms with Gasteiger partial charge in [0.2, 0.25) is 0 Å². The van der Waals surface area contributed by atoms with E-state index in [1.54, 1.807) is 6.07 Å². The van der Waals surface area contributed by atoms with Crippen molar-refractivity contribution in [2.24, 2.45) is 17.8 Å². The summed E-state index contributed by atoms with van der Waals surface area (Å²) in [5.41, 5.74) is 0.751. The van der Waals surface area contributed by atoms with Gasteiger partial charge in [-0.1, -0.05) is 64.0 Å². The van der Waals surface area contributed by atoms with Crippen LogP contribution in [0.5, 0.6) is 0 Å². The zero-order valence-electron chi connectivity index (χ0n) is 20.2. The van der Waals surface area contributed by atoms with Gasteiger partial charge >= 0.3 is 5.97 Å². The zero-order chi connectivity index (χ0) is 23.4. The number of unbranched alkanes of at least 4 members (excludes halogenated alkanes) is 4. The summed E-state index contributed by atoms with van der Waals surface area (Å²) in [7, 11) is 1.26. The number of hydrogen-bond acceptors (Lipinski definition) is 2. The lowest BCUT2D eigenvalue weighted by atomic mass is 9.63. The first-order valence-electron chi connectivity index (χ1n) is 13.0. The van der Waals surface area contributed by atoms with Crippen LogP contribution in [0.25, 0.3) is 10.8 Å². The summed E-state index contributed by atoms with van der Waals surface area (Å²) in [5, 5.41) is 0.402. The Morgan fingerprint density at radius 2 is 1.73 bits per heavy atom. The predicted molar refractivity (Wildman–Crippen MR) is 129 cm³/mol. The van der Waals surface area contributed by atoms with Crippen LogP contribution < -0.4 is 0 Å². The topological polar surface area (TPSA) is 26.3 Å². The fourth-order valence-electron chi connectivity index (χ4n) is 6.51. The Kier molecular flexibility index (Phi) is 8.03. The lowest BCUT2D eigenvalue weighted by Crippen LogP contribution is -2.30. The second kappa shape index (κ2) is 11.0. The van der Waals surface area contributed by atoms with E-state index in [-0.39, 0.29) is 16.9 Å². The van der Waals surface area contributed by atoms with Crippen LogP contribution in [-0.2, 0) is 4.74 Å². The summed E-state index contributed by atoms with van der Waals surface area (Å²) in [5.74, 6) is 0.710. The molecular formula is C29H38F2O2. The van der Waals surface area contributed by atoms with Crippen LogP contribution in [0.3, 0.4) is 0 Å². The molecule has 0 bridgehead atoms. The highest BCUT2D eigenvalue weighted by atomic mass is 19.1. The van der Waals surface area contributed by atoms with Crippen LogP contribution in [0.4, 0.5) is 8.78 Å². The van der Waals surface area contributed by atoms with E-state index in [9.17, 15) is 9.18 Å². The largest absolute Gasteiger partial charge is 0.465 e. The second-order valence-corrected chi connectivity index (χ2v) is 10.4. The SMILES string of the molecule is CCCCCCCC1CC[C@@H]2CC(c3ccc4cc(C(=O)OC)cc(F)c4c3F)CC[C@H]2C1. The maximum absolute atomic E-state index is 15.5. The van der Waals surface area contributed by atoms with Gasteiger partial charge in [0.15, 0.2) is 0 Å². The van der Waals surface area contributed by atoms with E-state index in [0.717, 1.165) is 37.2 Å². The van der Waals surface area contributed by atoms with E-state index in [1.165, 1.54) is 71.0 Å². The summed E-state index contributed by atoms with van der Waals surface area (Å²) < 4.78 is 35.0. The summed E-state index contributed by atoms with van der Waals surface area (Å²) in [4.78, 5) is 11.8. The molecule has 0 aliphatic heterocycles. The molecular weight excluding hydrogens is 418 g/mol. The van der Waals surface area contributed by atoms with E-state index in [1.807, 2.05) is 6.07 Å². The molecule has 0 amide bonds. The van der Waals surface area contributed by atoms with Gasteiger partial charge in [0, 0.05) is 0 Å². The molecule has 180 valence electrons. The molecule has 2 saturated carbocycles. The third kappa shape index (κ3) is 5.41. The van der Waals surface area contributed by atoms with Gasteiger partial charge in [0.1, 0.15) is 11.6 Å². The third-order valence-electron chi connectivity index (χ3n) is 8.33. The van der Waals surface area contributed by atoms with Gasteiger partial charge in [0.05, 0.1) is 18.1 Å². The maximum atomic E-state index is 15.5. The van der Waals surface area contributed by atoms with Crippen molar-refractivity contribution in [1.82, 2.24) is 0 Å². The van der Waals surface area contributed by atoms with Crippen LogP contribution in [0.15, 0.2) is 24.3 Å². The molecule has 2 aliphatic rings.